The summed E-state index contributed by atoms with van der Waals surface area (Å²) < 4.78 is 0. The summed E-state index contributed by atoms with van der Waals surface area (Å²) in [6.45, 7) is 5.41. The Balaban J connectivity index is 2.10. The minimum absolute atomic E-state index is 0.0676. The van der Waals surface area contributed by atoms with Crippen LogP contribution in [-0.4, -0.2) is 41.4 Å². The largest absolute Gasteiger partial charge is 0.352 e. The molecular formula is C17H23N3O3. The summed E-state index contributed by atoms with van der Waals surface area (Å²) in [5.74, 6) is -0.652. The van der Waals surface area contributed by atoms with Crippen LogP contribution in [0.4, 0.5) is 10.5 Å². The van der Waals surface area contributed by atoms with E-state index in [9.17, 15) is 14.4 Å². The van der Waals surface area contributed by atoms with Gasteiger partial charge in [-0.3, -0.25) is 19.4 Å². The fourth-order valence-corrected chi connectivity index (χ4v) is 2.70. The number of hydrogen-bond acceptors (Lipinski definition) is 3. The summed E-state index contributed by atoms with van der Waals surface area (Å²) in [6, 6.07) is 8.02. The lowest BCUT2D eigenvalue weighted by atomic mass is 10.2. The first-order valence-corrected chi connectivity index (χ1v) is 7.98. The molecule has 1 aliphatic heterocycles. The predicted octanol–water partition coefficient (Wildman–Crippen LogP) is 2.15. The van der Waals surface area contributed by atoms with E-state index in [1.807, 2.05) is 32.0 Å². The molecule has 1 aromatic carbocycles. The van der Waals surface area contributed by atoms with Gasteiger partial charge in [-0.15, -0.1) is 0 Å². The Bertz CT molecular complexity index is 584. The normalized spacial score (nSPS) is 18.0. The van der Waals surface area contributed by atoms with Crippen molar-refractivity contribution in [3.8, 4) is 0 Å². The smallest absolute Gasteiger partial charge is 0.332 e. The van der Waals surface area contributed by atoms with Gasteiger partial charge in [-0.05, 0) is 31.9 Å². The summed E-state index contributed by atoms with van der Waals surface area (Å²) in [6.07, 6.45) is 1.63. The van der Waals surface area contributed by atoms with Crippen molar-refractivity contribution in [2.45, 2.75) is 45.7 Å². The quantitative estimate of drug-likeness (QED) is 0.817. The van der Waals surface area contributed by atoms with Crippen LogP contribution >= 0.6 is 0 Å². The highest BCUT2D eigenvalue weighted by atomic mass is 16.2. The molecule has 124 valence electrons. The van der Waals surface area contributed by atoms with Gasteiger partial charge in [-0.1, -0.05) is 32.0 Å². The lowest BCUT2D eigenvalue weighted by Crippen LogP contribution is -2.44. The Morgan fingerprint density at radius 2 is 1.78 bits per heavy atom. The molecule has 0 spiro atoms. The van der Waals surface area contributed by atoms with E-state index in [1.54, 1.807) is 19.1 Å². The lowest BCUT2D eigenvalue weighted by molar-refractivity contribution is -0.132. The third-order valence-corrected chi connectivity index (χ3v) is 4.13. The second-order valence-electron chi connectivity index (χ2n) is 5.67. The predicted molar refractivity (Wildman–Crippen MR) is 88.0 cm³/mol. The zero-order chi connectivity index (χ0) is 17.0. The Hall–Kier alpha value is -2.37. The molecule has 1 aromatic rings. The van der Waals surface area contributed by atoms with Crippen molar-refractivity contribution < 1.29 is 14.4 Å². The highest BCUT2D eigenvalue weighted by molar-refractivity contribution is 6.15. The van der Waals surface area contributed by atoms with E-state index in [1.165, 1.54) is 4.90 Å². The van der Waals surface area contributed by atoms with E-state index >= 15 is 0 Å². The summed E-state index contributed by atoms with van der Waals surface area (Å²) in [5, 5.41) is 2.85. The van der Waals surface area contributed by atoms with Crippen molar-refractivity contribution in [1.82, 2.24) is 10.2 Å². The molecule has 2 rings (SSSR count). The molecule has 0 bridgehead atoms. The number of imide groups is 1. The van der Waals surface area contributed by atoms with Crippen LogP contribution in [0.25, 0.3) is 0 Å². The zero-order valence-corrected chi connectivity index (χ0v) is 13.8. The first kappa shape index (κ1) is 17.0. The van der Waals surface area contributed by atoms with Crippen molar-refractivity contribution in [3.63, 3.8) is 0 Å². The summed E-state index contributed by atoms with van der Waals surface area (Å²) in [4.78, 5) is 39.4. The average molecular weight is 317 g/mol. The van der Waals surface area contributed by atoms with Crippen LogP contribution in [0.2, 0.25) is 0 Å². The zero-order valence-electron chi connectivity index (χ0n) is 13.8. The Morgan fingerprint density at radius 1 is 1.17 bits per heavy atom. The second kappa shape index (κ2) is 7.26. The Kier molecular flexibility index (Phi) is 5.36. The summed E-state index contributed by atoms with van der Waals surface area (Å²) in [7, 11) is 0. The fourth-order valence-electron chi connectivity index (χ4n) is 2.70. The highest BCUT2D eigenvalue weighted by Gasteiger charge is 2.44. The SMILES string of the molecule is CCC(CC)NC(=O)CN1C(=O)[C@H](C)N(c2ccccc2)C1=O. The fraction of sp³-hybridized carbons (Fsp3) is 0.471. The lowest BCUT2D eigenvalue weighted by Gasteiger charge is -2.20. The number of amides is 4. The van der Waals surface area contributed by atoms with E-state index in [4.69, 9.17) is 0 Å². The molecule has 0 radical (unpaired) electrons. The molecule has 0 saturated carbocycles. The van der Waals surface area contributed by atoms with E-state index < -0.39 is 12.1 Å². The van der Waals surface area contributed by atoms with Crippen LogP contribution in [0.5, 0.6) is 0 Å². The maximum absolute atomic E-state index is 12.5. The first-order chi connectivity index (χ1) is 11.0. The Morgan fingerprint density at radius 3 is 2.35 bits per heavy atom. The maximum atomic E-state index is 12.5. The van der Waals surface area contributed by atoms with Crippen molar-refractivity contribution in [1.29, 1.82) is 0 Å². The topological polar surface area (TPSA) is 69.7 Å². The number of anilines is 1. The molecule has 1 aliphatic rings. The van der Waals surface area contributed by atoms with Gasteiger partial charge in [0.05, 0.1) is 0 Å². The molecule has 1 atom stereocenters. The van der Waals surface area contributed by atoms with Gasteiger partial charge in [0.2, 0.25) is 5.91 Å². The molecule has 1 saturated heterocycles. The van der Waals surface area contributed by atoms with E-state index in [-0.39, 0.29) is 24.4 Å². The molecule has 1 heterocycles. The molecule has 1 N–H and O–H groups in total. The van der Waals surface area contributed by atoms with Crippen LogP contribution in [0, 0.1) is 0 Å². The Labute approximate surface area is 136 Å². The monoisotopic (exact) mass is 317 g/mol. The number of hydrogen-bond donors (Lipinski definition) is 1. The minimum atomic E-state index is -0.606. The van der Waals surface area contributed by atoms with Gasteiger partial charge in [-0.25, -0.2) is 4.79 Å². The van der Waals surface area contributed by atoms with Crippen molar-refractivity contribution in [2.24, 2.45) is 0 Å². The van der Waals surface area contributed by atoms with Crippen LogP contribution < -0.4 is 10.2 Å². The number of para-hydroxylation sites is 1. The van der Waals surface area contributed by atoms with E-state index in [0.29, 0.717) is 5.69 Å². The molecule has 4 amide bonds. The number of carbonyl (C=O) groups is 3. The van der Waals surface area contributed by atoms with E-state index in [0.717, 1.165) is 17.7 Å². The van der Waals surface area contributed by atoms with Crippen molar-refractivity contribution in [3.05, 3.63) is 30.3 Å². The number of rotatable bonds is 6. The van der Waals surface area contributed by atoms with Gasteiger partial charge in [0.15, 0.2) is 0 Å². The van der Waals surface area contributed by atoms with Gasteiger partial charge < -0.3 is 5.32 Å². The first-order valence-electron chi connectivity index (χ1n) is 7.98. The summed E-state index contributed by atoms with van der Waals surface area (Å²) in [5.41, 5.74) is 0.654. The average Bonchev–Trinajstić information content (AvgIpc) is 2.77. The van der Waals surface area contributed by atoms with Gasteiger partial charge >= 0.3 is 6.03 Å². The molecule has 6 heteroatoms. The van der Waals surface area contributed by atoms with Crippen molar-refractivity contribution >= 4 is 23.5 Å². The second-order valence-corrected chi connectivity index (χ2v) is 5.67. The van der Waals surface area contributed by atoms with Crippen LogP contribution in [0.15, 0.2) is 30.3 Å². The van der Waals surface area contributed by atoms with Gasteiger partial charge in [0.25, 0.3) is 5.91 Å². The molecule has 0 aromatic heterocycles. The van der Waals surface area contributed by atoms with Crippen LogP contribution in [-0.2, 0) is 9.59 Å². The molecule has 0 unspecified atom stereocenters. The van der Waals surface area contributed by atoms with Gasteiger partial charge in [0, 0.05) is 11.7 Å². The number of nitrogens with zero attached hydrogens (tertiary/aromatic N) is 2. The number of urea groups is 1. The van der Waals surface area contributed by atoms with Gasteiger partial charge in [0.1, 0.15) is 12.6 Å². The molecule has 6 nitrogen and oxygen atoms in total. The maximum Gasteiger partial charge on any atom is 0.332 e. The summed E-state index contributed by atoms with van der Waals surface area (Å²) >= 11 is 0. The molecule has 23 heavy (non-hydrogen) atoms. The van der Waals surface area contributed by atoms with E-state index in [2.05, 4.69) is 5.32 Å². The van der Waals surface area contributed by atoms with Crippen LogP contribution in [0.1, 0.15) is 33.6 Å². The molecular weight excluding hydrogens is 294 g/mol. The highest BCUT2D eigenvalue weighted by Crippen LogP contribution is 2.25. The van der Waals surface area contributed by atoms with Gasteiger partial charge in [-0.2, -0.15) is 0 Å². The number of benzene rings is 1. The number of nitrogens with one attached hydrogen (secondary N) is 1. The standard InChI is InChI=1S/C17H23N3O3/c1-4-13(5-2)18-15(21)11-19-16(22)12(3)20(17(19)23)14-9-7-6-8-10-14/h6-10,12-13H,4-5,11H2,1-3H3,(H,18,21)/t12-/m0/s1. The third kappa shape index (κ3) is 3.52. The molecule has 0 aliphatic carbocycles. The van der Waals surface area contributed by atoms with Crippen LogP contribution in [0.3, 0.4) is 0 Å². The molecule has 1 fully saturated rings. The van der Waals surface area contributed by atoms with Crippen molar-refractivity contribution in [2.75, 3.05) is 11.4 Å². The number of carbonyl (C=O) groups excluding carboxylic acids is 3. The third-order valence-electron chi connectivity index (χ3n) is 4.13. The minimum Gasteiger partial charge on any atom is -0.352 e.